The van der Waals surface area contributed by atoms with Gasteiger partial charge in [0.15, 0.2) is 0 Å². The molecule has 5 heteroatoms. The normalized spacial score (nSPS) is 16.2. The first-order valence-corrected chi connectivity index (χ1v) is 5.10. The van der Waals surface area contributed by atoms with Crippen LogP contribution in [0.2, 0.25) is 0 Å². The Morgan fingerprint density at radius 2 is 2.06 bits per heavy atom. The van der Waals surface area contributed by atoms with Gasteiger partial charge < -0.3 is 15.4 Å². The molecule has 16 heavy (non-hydrogen) atoms. The monoisotopic (exact) mass is 224 g/mol. The number of nitrogens with zero attached hydrogens (tertiary/aromatic N) is 1. The van der Waals surface area contributed by atoms with Crippen LogP contribution >= 0.6 is 0 Å². The zero-order chi connectivity index (χ0) is 11.5. The van der Waals surface area contributed by atoms with Gasteiger partial charge in [0.05, 0.1) is 18.8 Å². The number of carbonyl (C=O) groups is 1. The van der Waals surface area contributed by atoms with Crippen LogP contribution in [0.1, 0.15) is 10.4 Å². The number of nitrogens with two attached hydrogens (primary N) is 1. The fraction of sp³-hybridized carbons (Fsp3) is 0.364. The molecule has 1 heterocycles. The summed E-state index contributed by atoms with van der Waals surface area (Å²) < 4.78 is 18.6. The van der Waals surface area contributed by atoms with Gasteiger partial charge in [0.25, 0.3) is 5.91 Å². The van der Waals surface area contributed by atoms with Gasteiger partial charge in [0, 0.05) is 18.8 Å². The van der Waals surface area contributed by atoms with Crippen molar-refractivity contribution in [3.63, 3.8) is 0 Å². The molecule has 0 bridgehead atoms. The Morgan fingerprint density at radius 1 is 1.38 bits per heavy atom. The molecule has 0 radical (unpaired) electrons. The topological polar surface area (TPSA) is 55.6 Å². The molecule has 1 aliphatic rings. The number of hydrogen-bond acceptors (Lipinski definition) is 3. The second-order valence-corrected chi connectivity index (χ2v) is 3.64. The van der Waals surface area contributed by atoms with Crippen molar-refractivity contribution in [1.82, 2.24) is 4.90 Å². The molecule has 1 aromatic rings. The van der Waals surface area contributed by atoms with Gasteiger partial charge in [-0.2, -0.15) is 0 Å². The molecule has 1 amide bonds. The van der Waals surface area contributed by atoms with Gasteiger partial charge in [-0.25, -0.2) is 4.39 Å². The van der Waals surface area contributed by atoms with E-state index in [1.54, 1.807) is 4.90 Å². The van der Waals surface area contributed by atoms with E-state index in [4.69, 9.17) is 10.5 Å². The number of hydrogen-bond donors (Lipinski definition) is 1. The zero-order valence-electron chi connectivity index (χ0n) is 8.78. The zero-order valence-corrected chi connectivity index (χ0v) is 8.78. The van der Waals surface area contributed by atoms with Crippen molar-refractivity contribution in [2.24, 2.45) is 0 Å². The highest BCUT2D eigenvalue weighted by Crippen LogP contribution is 2.14. The number of benzene rings is 1. The Balaban J connectivity index is 2.19. The van der Waals surface area contributed by atoms with Crippen molar-refractivity contribution >= 4 is 11.6 Å². The quantitative estimate of drug-likeness (QED) is 0.720. The molecular weight excluding hydrogens is 211 g/mol. The van der Waals surface area contributed by atoms with E-state index >= 15 is 0 Å². The fourth-order valence-electron chi connectivity index (χ4n) is 1.64. The largest absolute Gasteiger partial charge is 0.399 e. The summed E-state index contributed by atoms with van der Waals surface area (Å²) in [5.41, 5.74) is 5.80. The lowest BCUT2D eigenvalue weighted by atomic mass is 10.1. The third-order valence-electron chi connectivity index (χ3n) is 2.52. The van der Waals surface area contributed by atoms with Crippen LogP contribution in [0.5, 0.6) is 0 Å². The van der Waals surface area contributed by atoms with E-state index in [0.29, 0.717) is 32.0 Å². The minimum absolute atomic E-state index is 0.0658. The molecule has 0 saturated carbocycles. The second kappa shape index (κ2) is 4.49. The Labute approximate surface area is 92.8 Å². The van der Waals surface area contributed by atoms with E-state index in [1.165, 1.54) is 12.1 Å². The Bertz CT molecular complexity index is 403. The number of anilines is 1. The van der Waals surface area contributed by atoms with Crippen LogP contribution in [0.15, 0.2) is 18.2 Å². The molecule has 1 aromatic carbocycles. The Morgan fingerprint density at radius 3 is 2.69 bits per heavy atom. The molecule has 1 saturated heterocycles. The van der Waals surface area contributed by atoms with Crippen molar-refractivity contribution < 1.29 is 13.9 Å². The molecule has 0 atom stereocenters. The van der Waals surface area contributed by atoms with Crippen LogP contribution in [0.4, 0.5) is 10.1 Å². The predicted molar refractivity (Wildman–Crippen MR) is 57.5 cm³/mol. The molecule has 86 valence electrons. The highest BCUT2D eigenvalue weighted by molar-refractivity contribution is 5.94. The highest BCUT2D eigenvalue weighted by atomic mass is 19.1. The lowest BCUT2D eigenvalue weighted by Crippen LogP contribution is -2.41. The molecule has 0 spiro atoms. The van der Waals surface area contributed by atoms with Crippen molar-refractivity contribution in [3.05, 3.63) is 29.6 Å². The van der Waals surface area contributed by atoms with Crippen LogP contribution in [0, 0.1) is 5.82 Å². The van der Waals surface area contributed by atoms with E-state index in [9.17, 15) is 9.18 Å². The summed E-state index contributed by atoms with van der Waals surface area (Å²) >= 11 is 0. The van der Waals surface area contributed by atoms with Gasteiger partial charge in [-0.05, 0) is 18.2 Å². The highest BCUT2D eigenvalue weighted by Gasteiger charge is 2.21. The number of ether oxygens (including phenoxy) is 1. The predicted octanol–water partition coefficient (Wildman–Crippen LogP) is 0.880. The van der Waals surface area contributed by atoms with Gasteiger partial charge in [0.2, 0.25) is 0 Å². The molecule has 2 N–H and O–H groups in total. The standard InChI is InChI=1S/C11H13FN2O2/c12-10-7-8(13)1-2-9(10)11(15)14-3-5-16-6-4-14/h1-2,7H,3-6,13H2. The smallest absolute Gasteiger partial charge is 0.256 e. The van der Waals surface area contributed by atoms with Crippen molar-refractivity contribution in [3.8, 4) is 0 Å². The average molecular weight is 224 g/mol. The van der Waals surface area contributed by atoms with Crippen LogP contribution in [-0.2, 0) is 4.74 Å². The minimum Gasteiger partial charge on any atom is -0.399 e. The summed E-state index contributed by atoms with van der Waals surface area (Å²) in [6.45, 7) is 2.01. The van der Waals surface area contributed by atoms with E-state index < -0.39 is 5.82 Å². The minimum atomic E-state index is -0.573. The van der Waals surface area contributed by atoms with Crippen molar-refractivity contribution in [2.45, 2.75) is 0 Å². The van der Waals surface area contributed by atoms with Gasteiger partial charge in [-0.1, -0.05) is 0 Å². The summed E-state index contributed by atoms with van der Waals surface area (Å²) in [6, 6.07) is 4.10. The average Bonchev–Trinajstić information content (AvgIpc) is 2.29. The van der Waals surface area contributed by atoms with Crippen LogP contribution in [0.3, 0.4) is 0 Å². The second-order valence-electron chi connectivity index (χ2n) is 3.64. The number of morpholine rings is 1. The summed E-state index contributed by atoms with van der Waals surface area (Å²) in [5, 5.41) is 0. The Hall–Kier alpha value is -1.62. The van der Waals surface area contributed by atoms with E-state index in [0.717, 1.165) is 6.07 Å². The van der Waals surface area contributed by atoms with Crippen LogP contribution in [-0.4, -0.2) is 37.1 Å². The van der Waals surface area contributed by atoms with Gasteiger partial charge in [0.1, 0.15) is 5.82 Å². The van der Waals surface area contributed by atoms with Crippen LogP contribution < -0.4 is 5.73 Å². The van der Waals surface area contributed by atoms with Gasteiger partial charge >= 0.3 is 0 Å². The molecule has 4 nitrogen and oxygen atoms in total. The summed E-state index contributed by atoms with van der Waals surface area (Å²) in [6.07, 6.45) is 0. The van der Waals surface area contributed by atoms with Crippen molar-refractivity contribution in [2.75, 3.05) is 32.0 Å². The number of halogens is 1. The first-order valence-electron chi connectivity index (χ1n) is 5.10. The number of amides is 1. The maximum atomic E-state index is 13.5. The third kappa shape index (κ3) is 2.14. The lowest BCUT2D eigenvalue weighted by molar-refractivity contribution is 0.0300. The molecule has 2 rings (SSSR count). The molecule has 0 aromatic heterocycles. The first-order chi connectivity index (χ1) is 7.68. The van der Waals surface area contributed by atoms with Crippen molar-refractivity contribution in [1.29, 1.82) is 0 Å². The van der Waals surface area contributed by atoms with E-state index in [1.807, 2.05) is 0 Å². The molecular formula is C11H13FN2O2. The molecule has 0 unspecified atom stereocenters. The summed E-state index contributed by atoms with van der Waals surface area (Å²) in [4.78, 5) is 13.5. The fourth-order valence-corrected chi connectivity index (χ4v) is 1.64. The van der Waals surface area contributed by atoms with Crippen LogP contribution in [0.25, 0.3) is 0 Å². The lowest BCUT2D eigenvalue weighted by Gasteiger charge is -2.27. The van der Waals surface area contributed by atoms with Gasteiger partial charge in [-0.15, -0.1) is 0 Å². The molecule has 1 fully saturated rings. The number of rotatable bonds is 1. The SMILES string of the molecule is Nc1ccc(C(=O)N2CCOCC2)c(F)c1. The van der Waals surface area contributed by atoms with E-state index in [-0.39, 0.29) is 11.5 Å². The maximum absolute atomic E-state index is 13.5. The Kier molecular flexibility index (Phi) is 3.05. The first kappa shape index (κ1) is 10.9. The maximum Gasteiger partial charge on any atom is 0.256 e. The third-order valence-corrected chi connectivity index (χ3v) is 2.52. The van der Waals surface area contributed by atoms with Gasteiger partial charge in [-0.3, -0.25) is 4.79 Å². The molecule has 0 aliphatic carbocycles. The number of nitrogen functional groups attached to an aromatic ring is 1. The van der Waals surface area contributed by atoms with E-state index in [2.05, 4.69) is 0 Å². The number of carbonyl (C=O) groups excluding carboxylic acids is 1. The molecule has 1 aliphatic heterocycles. The summed E-state index contributed by atoms with van der Waals surface area (Å²) in [5.74, 6) is -0.878. The summed E-state index contributed by atoms with van der Waals surface area (Å²) in [7, 11) is 0.